The summed E-state index contributed by atoms with van der Waals surface area (Å²) in [6, 6.07) is 11.0. The summed E-state index contributed by atoms with van der Waals surface area (Å²) in [6.07, 6.45) is 5.32. The molecule has 1 aromatic carbocycles. The number of rotatable bonds is 6. The van der Waals surface area contributed by atoms with Crippen LogP contribution in [0.4, 0.5) is 16.3 Å². The Bertz CT molecular complexity index is 970. The fourth-order valence-electron chi connectivity index (χ4n) is 3.98. The van der Waals surface area contributed by atoms with E-state index in [4.69, 9.17) is 0 Å². The topological polar surface area (TPSA) is 108 Å². The van der Waals surface area contributed by atoms with Crippen molar-refractivity contribution in [2.75, 3.05) is 36.4 Å². The maximum absolute atomic E-state index is 12.4. The normalized spacial score (nSPS) is 17.0. The number of urea groups is 1. The summed E-state index contributed by atoms with van der Waals surface area (Å²) < 4.78 is 0. The number of hydrogen-bond acceptors (Lipinski definition) is 6. The van der Waals surface area contributed by atoms with Gasteiger partial charge >= 0.3 is 6.03 Å². The molecule has 4 amide bonds. The highest BCUT2D eigenvalue weighted by atomic mass is 16.2. The van der Waals surface area contributed by atoms with Crippen LogP contribution in [0.15, 0.2) is 36.4 Å². The molecular weight excluding hydrogens is 408 g/mol. The van der Waals surface area contributed by atoms with E-state index in [0.717, 1.165) is 30.2 Å². The minimum Gasteiger partial charge on any atom is -0.355 e. The summed E-state index contributed by atoms with van der Waals surface area (Å²) in [5.74, 6) is 0.424. The van der Waals surface area contributed by atoms with Gasteiger partial charge in [-0.15, -0.1) is 10.2 Å². The van der Waals surface area contributed by atoms with Crippen molar-refractivity contribution in [2.45, 2.75) is 38.5 Å². The molecule has 2 aromatic rings. The molecule has 0 aliphatic carbocycles. The number of benzene rings is 1. The number of amides is 4. The standard InChI is InChI=1S/C23H28N6O3/c30-21(10-14-29-15-11-22(31)25-23(29)32)24-18-7-5-6-17(16-18)19-8-9-20(27-26-19)28-12-3-1-2-4-13-28/h5-9,16H,1-4,10-15H2,(H,24,30)(H,25,31,32). The summed E-state index contributed by atoms with van der Waals surface area (Å²) >= 11 is 0. The van der Waals surface area contributed by atoms with Gasteiger partial charge in [0.05, 0.1) is 5.69 Å². The summed E-state index contributed by atoms with van der Waals surface area (Å²) in [5.41, 5.74) is 2.27. The second-order valence-corrected chi connectivity index (χ2v) is 8.15. The molecule has 1 aromatic heterocycles. The first kappa shape index (κ1) is 21.7. The molecule has 0 bridgehead atoms. The van der Waals surface area contributed by atoms with Crippen LogP contribution in [0.3, 0.4) is 0 Å². The fraction of sp³-hybridized carbons (Fsp3) is 0.435. The molecule has 2 aliphatic rings. The van der Waals surface area contributed by atoms with Gasteiger partial charge in [0.15, 0.2) is 5.82 Å². The maximum Gasteiger partial charge on any atom is 0.324 e. The number of imide groups is 1. The van der Waals surface area contributed by atoms with Crippen molar-refractivity contribution in [1.29, 1.82) is 0 Å². The molecule has 0 unspecified atom stereocenters. The third-order valence-corrected chi connectivity index (χ3v) is 5.77. The monoisotopic (exact) mass is 436 g/mol. The van der Waals surface area contributed by atoms with Gasteiger partial charge in [-0.25, -0.2) is 4.79 Å². The molecular formula is C23H28N6O3. The van der Waals surface area contributed by atoms with Gasteiger partial charge in [0.1, 0.15) is 0 Å². The van der Waals surface area contributed by atoms with Gasteiger partial charge in [-0.05, 0) is 37.1 Å². The van der Waals surface area contributed by atoms with Gasteiger partial charge < -0.3 is 15.1 Å². The van der Waals surface area contributed by atoms with Crippen molar-refractivity contribution in [3.63, 3.8) is 0 Å². The first-order valence-corrected chi connectivity index (χ1v) is 11.2. The average molecular weight is 437 g/mol. The van der Waals surface area contributed by atoms with Crippen LogP contribution < -0.4 is 15.5 Å². The maximum atomic E-state index is 12.4. The lowest BCUT2D eigenvalue weighted by Gasteiger charge is -2.26. The number of carbonyl (C=O) groups excluding carboxylic acids is 3. The third-order valence-electron chi connectivity index (χ3n) is 5.77. The van der Waals surface area contributed by atoms with Crippen LogP contribution in [0.5, 0.6) is 0 Å². The number of hydrogen-bond donors (Lipinski definition) is 2. The zero-order chi connectivity index (χ0) is 22.3. The largest absolute Gasteiger partial charge is 0.355 e. The van der Waals surface area contributed by atoms with Crippen LogP contribution in [0.1, 0.15) is 38.5 Å². The number of nitrogens with one attached hydrogen (secondary N) is 2. The lowest BCUT2D eigenvalue weighted by molar-refractivity contribution is -0.121. The number of carbonyl (C=O) groups is 3. The van der Waals surface area contributed by atoms with Crippen LogP contribution in [0.2, 0.25) is 0 Å². The Morgan fingerprint density at radius 2 is 1.81 bits per heavy atom. The molecule has 168 valence electrons. The third kappa shape index (κ3) is 5.60. The molecule has 2 N–H and O–H groups in total. The smallest absolute Gasteiger partial charge is 0.324 e. The molecule has 0 atom stereocenters. The van der Waals surface area contributed by atoms with Crippen molar-refractivity contribution in [2.24, 2.45) is 0 Å². The summed E-state index contributed by atoms with van der Waals surface area (Å²) in [4.78, 5) is 39.1. The van der Waals surface area contributed by atoms with Gasteiger partial charge in [0, 0.05) is 50.3 Å². The van der Waals surface area contributed by atoms with E-state index in [1.54, 1.807) is 0 Å². The van der Waals surface area contributed by atoms with E-state index >= 15 is 0 Å². The molecule has 2 saturated heterocycles. The van der Waals surface area contributed by atoms with Crippen molar-refractivity contribution >= 4 is 29.4 Å². The second kappa shape index (κ2) is 10.2. The van der Waals surface area contributed by atoms with Gasteiger partial charge in [-0.1, -0.05) is 25.0 Å². The SMILES string of the molecule is O=C1CCN(CCC(=O)Nc2cccc(-c3ccc(N4CCCCCC4)nn3)c2)C(=O)N1. The van der Waals surface area contributed by atoms with E-state index in [1.807, 2.05) is 36.4 Å². The lowest BCUT2D eigenvalue weighted by Crippen LogP contribution is -2.50. The Morgan fingerprint density at radius 3 is 2.53 bits per heavy atom. The van der Waals surface area contributed by atoms with Gasteiger partial charge in [-0.3, -0.25) is 14.9 Å². The van der Waals surface area contributed by atoms with E-state index in [0.29, 0.717) is 12.2 Å². The van der Waals surface area contributed by atoms with E-state index in [1.165, 1.54) is 30.6 Å². The van der Waals surface area contributed by atoms with Crippen LogP contribution >= 0.6 is 0 Å². The van der Waals surface area contributed by atoms with Gasteiger partial charge in [0.25, 0.3) is 0 Å². The van der Waals surface area contributed by atoms with Crippen molar-refractivity contribution in [1.82, 2.24) is 20.4 Å². The molecule has 0 radical (unpaired) electrons. The minimum atomic E-state index is -0.446. The first-order valence-electron chi connectivity index (χ1n) is 11.2. The Morgan fingerprint density at radius 1 is 1.00 bits per heavy atom. The van der Waals surface area contributed by atoms with E-state index in [2.05, 4.69) is 25.7 Å². The Balaban J connectivity index is 1.34. The van der Waals surface area contributed by atoms with Gasteiger partial charge in [0.2, 0.25) is 11.8 Å². The number of nitrogens with zero attached hydrogens (tertiary/aromatic N) is 4. The molecule has 2 aliphatic heterocycles. The summed E-state index contributed by atoms with van der Waals surface area (Å²) in [6.45, 7) is 2.63. The summed E-state index contributed by atoms with van der Waals surface area (Å²) in [7, 11) is 0. The van der Waals surface area contributed by atoms with Crippen molar-refractivity contribution in [3.8, 4) is 11.3 Å². The molecule has 3 heterocycles. The zero-order valence-corrected chi connectivity index (χ0v) is 18.0. The molecule has 0 spiro atoms. The Hall–Kier alpha value is -3.49. The van der Waals surface area contributed by atoms with Crippen LogP contribution in [0, 0.1) is 0 Å². The van der Waals surface area contributed by atoms with Crippen LogP contribution in [0.25, 0.3) is 11.3 Å². The van der Waals surface area contributed by atoms with E-state index < -0.39 is 6.03 Å². The quantitative estimate of drug-likeness (QED) is 0.721. The lowest BCUT2D eigenvalue weighted by atomic mass is 10.1. The molecule has 9 heteroatoms. The van der Waals surface area contributed by atoms with Crippen molar-refractivity contribution < 1.29 is 14.4 Å². The summed E-state index contributed by atoms with van der Waals surface area (Å²) in [5, 5.41) is 14.0. The highest BCUT2D eigenvalue weighted by Gasteiger charge is 2.23. The number of aromatic nitrogens is 2. The minimum absolute atomic E-state index is 0.149. The van der Waals surface area contributed by atoms with Crippen LogP contribution in [-0.2, 0) is 9.59 Å². The molecule has 32 heavy (non-hydrogen) atoms. The number of anilines is 2. The Labute approximate surface area is 187 Å². The fourth-order valence-corrected chi connectivity index (χ4v) is 3.98. The molecule has 4 rings (SSSR count). The molecule has 0 saturated carbocycles. The Kier molecular flexibility index (Phi) is 6.94. The predicted molar refractivity (Wildman–Crippen MR) is 121 cm³/mol. The first-order chi connectivity index (χ1) is 15.6. The van der Waals surface area contributed by atoms with E-state index in [-0.39, 0.29) is 31.2 Å². The van der Waals surface area contributed by atoms with E-state index in [9.17, 15) is 14.4 Å². The average Bonchev–Trinajstić information content (AvgIpc) is 3.08. The van der Waals surface area contributed by atoms with Crippen molar-refractivity contribution in [3.05, 3.63) is 36.4 Å². The molecule has 9 nitrogen and oxygen atoms in total. The second-order valence-electron chi connectivity index (χ2n) is 8.15. The zero-order valence-electron chi connectivity index (χ0n) is 18.0. The highest BCUT2D eigenvalue weighted by Crippen LogP contribution is 2.23. The highest BCUT2D eigenvalue weighted by molar-refractivity contribution is 5.97. The predicted octanol–water partition coefficient (Wildman–Crippen LogP) is 2.79. The molecule has 2 fully saturated rings. The van der Waals surface area contributed by atoms with Gasteiger partial charge in [-0.2, -0.15) is 0 Å². The van der Waals surface area contributed by atoms with Crippen LogP contribution in [-0.4, -0.2) is 59.1 Å².